The van der Waals surface area contributed by atoms with E-state index in [9.17, 15) is 19.2 Å². The third kappa shape index (κ3) is 8.43. The summed E-state index contributed by atoms with van der Waals surface area (Å²) in [6.07, 6.45) is 2.71. The molecule has 0 aliphatic carbocycles. The average molecular weight is 454 g/mol. The van der Waals surface area contributed by atoms with Crippen LogP contribution in [0, 0.1) is 0 Å². The van der Waals surface area contributed by atoms with Crippen molar-refractivity contribution in [2.75, 3.05) is 13.2 Å². The summed E-state index contributed by atoms with van der Waals surface area (Å²) in [4.78, 5) is 46.6. The molecule has 0 N–H and O–H groups in total. The van der Waals surface area contributed by atoms with Crippen molar-refractivity contribution in [2.45, 2.75) is 75.8 Å². The van der Waals surface area contributed by atoms with Crippen molar-refractivity contribution in [3.63, 3.8) is 0 Å². The third-order valence-corrected chi connectivity index (χ3v) is 4.98. The minimum Gasteiger partial charge on any atom is -0.457 e. The van der Waals surface area contributed by atoms with Gasteiger partial charge in [-0.05, 0) is 25.7 Å². The zero-order valence-electron chi connectivity index (χ0n) is 18.0. The highest BCUT2D eigenvalue weighted by Crippen LogP contribution is 2.31. The molecule has 2 rings (SSSR count). The van der Waals surface area contributed by atoms with Crippen LogP contribution in [0.15, 0.2) is 25.7 Å². The summed E-state index contributed by atoms with van der Waals surface area (Å²) in [5.74, 6) is -1.60. The number of rotatable bonds is 14. The fourth-order valence-corrected chi connectivity index (χ4v) is 3.47. The smallest absolute Gasteiger partial charge is 0.310 e. The van der Waals surface area contributed by atoms with Crippen molar-refractivity contribution in [3.05, 3.63) is 25.7 Å². The molecule has 32 heavy (non-hydrogen) atoms. The van der Waals surface area contributed by atoms with Gasteiger partial charge < -0.3 is 28.4 Å². The zero-order valence-corrected chi connectivity index (χ0v) is 18.0. The van der Waals surface area contributed by atoms with E-state index >= 15 is 0 Å². The van der Waals surface area contributed by atoms with Gasteiger partial charge in [0.1, 0.15) is 12.2 Å². The Bertz CT molecular complexity index is 630. The van der Waals surface area contributed by atoms with Gasteiger partial charge in [-0.3, -0.25) is 19.2 Å². The molecule has 2 fully saturated rings. The topological polar surface area (TPSA) is 124 Å². The van der Waals surface area contributed by atoms with Crippen LogP contribution >= 0.6 is 0 Å². The molecule has 4 atom stereocenters. The maximum Gasteiger partial charge on any atom is 0.310 e. The minimum atomic E-state index is -0.571. The molecule has 0 radical (unpaired) electrons. The lowest BCUT2D eigenvalue weighted by molar-refractivity contribution is -0.155. The number of carbonyl (C=O) groups excluding carboxylic acids is 4. The van der Waals surface area contributed by atoms with E-state index in [0.717, 1.165) is 12.5 Å². The highest BCUT2D eigenvalue weighted by molar-refractivity contribution is 5.71. The van der Waals surface area contributed by atoms with E-state index in [1.165, 1.54) is 0 Å². The van der Waals surface area contributed by atoms with Crippen molar-refractivity contribution < 1.29 is 47.6 Å². The number of unbranched alkanes of at least 4 members (excludes halogenated alkanes) is 2. The van der Waals surface area contributed by atoms with Crippen LogP contribution in [-0.2, 0) is 47.6 Å². The van der Waals surface area contributed by atoms with Gasteiger partial charge in [-0.25, -0.2) is 0 Å². The van der Waals surface area contributed by atoms with E-state index in [0.29, 0.717) is 25.7 Å². The van der Waals surface area contributed by atoms with Crippen LogP contribution in [0.25, 0.3) is 0 Å². The van der Waals surface area contributed by atoms with E-state index in [4.69, 9.17) is 18.9 Å². The summed E-state index contributed by atoms with van der Waals surface area (Å²) in [6.45, 7) is 6.92. The van der Waals surface area contributed by atoms with Crippen LogP contribution in [-0.4, -0.2) is 61.5 Å². The van der Waals surface area contributed by atoms with Gasteiger partial charge in [0.25, 0.3) is 0 Å². The van der Waals surface area contributed by atoms with Gasteiger partial charge in [-0.15, -0.1) is 0 Å². The first-order valence-electron chi connectivity index (χ1n) is 10.7. The van der Waals surface area contributed by atoms with Crippen molar-refractivity contribution in [1.29, 1.82) is 0 Å². The lowest BCUT2D eigenvalue weighted by Crippen LogP contribution is -2.35. The second kappa shape index (κ2) is 13.6. The van der Waals surface area contributed by atoms with E-state index in [1.54, 1.807) is 0 Å². The van der Waals surface area contributed by atoms with Crippen molar-refractivity contribution in [1.82, 2.24) is 0 Å². The van der Waals surface area contributed by atoms with E-state index in [2.05, 4.69) is 22.6 Å². The van der Waals surface area contributed by atoms with E-state index in [-0.39, 0.29) is 38.9 Å². The minimum absolute atomic E-state index is 0.159. The van der Waals surface area contributed by atoms with Crippen LogP contribution in [0.4, 0.5) is 0 Å². The van der Waals surface area contributed by atoms with Crippen LogP contribution in [0.3, 0.4) is 0 Å². The summed E-state index contributed by atoms with van der Waals surface area (Å²) in [5.41, 5.74) is 0. The molecule has 0 spiro atoms. The Kier molecular flexibility index (Phi) is 10.9. The lowest BCUT2D eigenvalue weighted by Gasteiger charge is -2.17. The summed E-state index contributed by atoms with van der Waals surface area (Å²) < 4.78 is 31.4. The maximum absolute atomic E-state index is 12.1. The largest absolute Gasteiger partial charge is 0.457 e. The Balaban J connectivity index is 1.63. The summed E-state index contributed by atoms with van der Waals surface area (Å²) >= 11 is 0. The van der Waals surface area contributed by atoms with Crippen LogP contribution in [0.1, 0.15) is 51.4 Å². The highest BCUT2D eigenvalue weighted by atomic mass is 16.7. The van der Waals surface area contributed by atoms with Crippen molar-refractivity contribution >= 4 is 23.9 Å². The number of ether oxygens (including phenoxy) is 6. The molecule has 178 valence electrons. The molecular formula is C22H30O10. The number of fused-ring (bicyclic) bond motifs is 1. The number of hydrogen-bond donors (Lipinski definition) is 0. The van der Waals surface area contributed by atoms with Gasteiger partial charge in [-0.1, -0.05) is 13.2 Å². The van der Waals surface area contributed by atoms with Crippen LogP contribution in [0.5, 0.6) is 0 Å². The molecule has 10 heteroatoms. The monoisotopic (exact) mass is 454 g/mol. The van der Waals surface area contributed by atoms with Crippen molar-refractivity contribution in [2.24, 2.45) is 0 Å². The van der Waals surface area contributed by atoms with E-state index < -0.39 is 48.3 Å². The molecule has 0 aromatic rings. The third-order valence-electron chi connectivity index (χ3n) is 4.98. The van der Waals surface area contributed by atoms with Crippen molar-refractivity contribution in [3.8, 4) is 0 Å². The number of hydrogen-bond acceptors (Lipinski definition) is 10. The molecule has 2 heterocycles. The Hall–Kier alpha value is -2.72. The molecule has 4 unspecified atom stereocenters. The molecule has 2 saturated heterocycles. The first-order valence-corrected chi connectivity index (χ1v) is 10.7. The quantitative estimate of drug-likeness (QED) is 0.167. The summed E-state index contributed by atoms with van der Waals surface area (Å²) in [7, 11) is 0. The fraction of sp³-hybridized carbons (Fsp3) is 0.636. The predicted octanol–water partition coefficient (Wildman–Crippen LogP) is 2.10. The summed E-state index contributed by atoms with van der Waals surface area (Å²) in [5, 5.41) is 0. The Morgan fingerprint density at radius 2 is 1.00 bits per heavy atom. The molecule has 0 bridgehead atoms. The first-order chi connectivity index (χ1) is 15.4. The first kappa shape index (κ1) is 25.5. The Labute approximate surface area is 186 Å². The Morgan fingerprint density at radius 1 is 0.656 bits per heavy atom. The molecule has 0 saturated carbocycles. The zero-order chi connectivity index (χ0) is 23.3. The average Bonchev–Trinajstić information content (AvgIpc) is 3.32. The summed E-state index contributed by atoms with van der Waals surface area (Å²) in [6, 6.07) is 0. The molecule has 10 nitrogen and oxygen atoms in total. The van der Waals surface area contributed by atoms with Gasteiger partial charge in [-0.2, -0.15) is 0 Å². The van der Waals surface area contributed by atoms with Gasteiger partial charge in [0, 0.05) is 25.7 Å². The maximum atomic E-state index is 12.1. The Morgan fingerprint density at radius 3 is 1.34 bits per heavy atom. The lowest BCUT2D eigenvalue weighted by atomic mass is 10.1. The highest BCUT2D eigenvalue weighted by Gasteiger charge is 2.51. The number of carbonyl (C=O) groups is 4. The SMILES string of the molecule is C=COC(=O)CCCCC(=O)OC1COC2C(OC(=O)CCCCC(=O)OC=C)COC12. The second-order valence-electron chi connectivity index (χ2n) is 7.38. The van der Waals surface area contributed by atoms with E-state index in [1.807, 2.05) is 0 Å². The standard InChI is InChI=1S/C22H30O10/c1-3-27-17(23)9-5-7-11-19(25)31-15-13-29-22-16(14-30-21(15)22)32-20(26)12-8-6-10-18(24)28-4-2/h3-4,15-16,21-22H,1-2,5-14H2. The molecule has 0 amide bonds. The van der Waals surface area contributed by atoms with Crippen LogP contribution < -0.4 is 0 Å². The van der Waals surface area contributed by atoms with Gasteiger partial charge in [0.2, 0.25) is 0 Å². The molecule has 0 aromatic heterocycles. The normalized spacial score (nSPS) is 23.6. The predicted molar refractivity (Wildman–Crippen MR) is 109 cm³/mol. The molecule has 2 aliphatic heterocycles. The number of esters is 4. The molecule has 0 aromatic carbocycles. The molecule has 2 aliphatic rings. The van der Waals surface area contributed by atoms with Gasteiger partial charge >= 0.3 is 23.9 Å². The van der Waals surface area contributed by atoms with Gasteiger partial charge in [0.15, 0.2) is 12.2 Å². The van der Waals surface area contributed by atoms with Crippen LogP contribution in [0.2, 0.25) is 0 Å². The fourth-order valence-electron chi connectivity index (χ4n) is 3.47. The second-order valence-corrected chi connectivity index (χ2v) is 7.38. The molecular weight excluding hydrogens is 424 g/mol. The van der Waals surface area contributed by atoms with Gasteiger partial charge in [0.05, 0.1) is 25.7 Å².